The molecule has 0 radical (unpaired) electrons. The molecule has 0 aliphatic heterocycles. The highest BCUT2D eigenvalue weighted by Gasteiger charge is 2.20. The smallest absolute Gasteiger partial charge is 0.0148 e. The third-order valence-electron chi connectivity index (χ3n) is 3.74. The zero-order valence-electron chi connectivity index (χ0n) is 12.1. The lowest BCUT2D eigenvalue weighted by molar-refractivity contribution is 0.505. The molecule has 96 valence electrons. The van der Waals surface area contributed by atoms with Crippen LogP contribution >= 0.6 is 11.8 Å². The summed E-state index contributed by atoms with van der Waals surface area (Å²) in [6.45, 7) is 13.8. The summed E-state index contributed by atoms with van der Waals surface area (Å²) in [4.78, 5) is 1.40. The molecule has 1 aromatic carbocycles. The summed E-state index contributed by atoms with van der Waals surface area (Å²) in [5.74, 6) is 0. The van der Waals surface area contributed by atoms with Gasteiger partial charge in [-0.05, 0) is 36.0 Å². The van der Waals surface area contributed by atoms with Crippen molar-refractivity contribution in [3.63, 3.8) is 0 Å². The summed E-state index contributed by atoms with van der Waals surface area (Å²) in [6.07, 6.45) is 2.37. The van der Waals surface area contributed by atoms with Gasteiger partial charge >= 0.3 is 0 Å². The summed E-state index contributed by atoms with van der Waals surface area (Å²) in [5.41, 5.74) is 1.74. The van der Waals surface area contributed by atoms with Gasteiger partial charge in [-0.15, -0.1) is 11.8 Å². The molecule has 0 saturated heterocycles. The zero-order chi connectivity index (χ0) is 13.1. The van der Waals surface area contributed by atoms with Gasteiger partial charge in [-0.2, -0.15) is 0 Å². The fourth-order valence-corrected chi connectivity index (χ4v) is 2.69. The van der Waals surface area contributed by atoms with Crippen LogP contribution in [0.15, 0.2) is 29.2 Å². The van der Waals surface area contributed by atoms with Gasteiger partial charge in [0.1, 0.15) is 0 Å². The minimum absolute atomic E-state index is 0.285. The van der Waals surface area contributed by atoms with E-state index in [9.17, 15) is 0 Å². The molecule has 0 amide bonds. The van der Waals surface area contributed by atoms with Crippen LogP contribution in [0.3, 0.4) is 0 Å². The maximum atomic E-state index is 2.37. The normalized spacial score (nSPS) is 12.8. The Labute approximate surface area is 111 Å². The van der Waals surface area contributed by atoms with Gasteiger partial charge < -0.3 is 0 Å². The molecule has 0 aromatic heterocycles. The van der Waals surface area contributed by atoms with Crippen molar-refractivity contribution in [3.8, 4) is 0 Å². The van der Waals surface area contributed by atoms with Crippen LogP contribution in [0.2, 0.25) is 0 Å². The quantitative estimate of drug-likeness (QED) is 0.608. The second kappa shape index (κ2) is 5.48. The van der Waals surface area contributed by atoms with Gasteiger partial charge in [0, 0.05) is 9.64 Å². The van der Waals surface area contributed by atoms with Gasteiger partial charge in [0.2, 0.25) is 0 Å². The third-order valence-corrected chi connectivity index (χ3v) is 5.08. The van der Waals surface area contributed by atoms with E-state index >= 15 is 0 Å². The first kappa shape index (κ1) is 14.6. The van der Waals surface area contributed by atoms with E-state index in [0.717, 1.165) is 0 Å². The monoisotopic (exact) mass is 250 g/mol. The van der Waals surface area contributed by atoms with Crippen molar-refractivity contribution in [3.05, 3.63) is 29.8 Å². The summed E-state index contributed by atoms with van der Waals surface area (Å²) in [6, 6.07) is 9.05. The zero-order valence-corrected chi connectivity index (χ0v) is 12.9. The molecule has 0 spiro atoms. The molecule has 0 N–H and O–H groups in total. The van der Waals surface area contributed by atoms with E-state index in [1.807, 2.05) is 11.8 Å². The Morgan fingerprint density at radius 2 is 1.65 bits per heavy atom. The van der Waals surface area contributed by atoms with E-state index < -0.39 is 0 Å². The Kier molecular flexibility index (Phi) is 4.71. The minimum Gasteiger partial charge on any atom is -0.120 e. The van der Waals surface area contributed by atoms with E-state index in [1.54, 1.807) is 0 Å². The maximum Gasteiger partial charge on any atom is 0.0148 e. The second-order valence-corrected chi connectivity index (χ2v) is 7.76. The lowest BCUT2D eigenvalue weighted by atomic mass is 9.82. The van der Waals surface area contributed by atoms with Gasteiger partial charge in [-0.25, -0.2) is 0 Å². The maximum absolute atomic E-state index is 2.37. The van der Waals surface area contributed by atoms with E-state index in [-0.39, 0.29) is 5.41 Å². The van der Waals surface area contributed by atoms with E-state index in [4.69, 9.17) is 0 Å². The highest BCUT2D eigenvalue weighted by Crippen LogP contribution is 2.37. The molecule has 1 aromatic rings. The molecule has 0 saturated carbocycles. The van der Waals surface area contributed by atoms with Gasteiger partial charge in [-0.3, -0.25) is 0 Å². The number of benzene rings is 1. The number of rotatable bonds is 5. The minimum atomic E-state index is 0.285. The Morgan fingerprint density at radius 1 is 1.00 bits per heavy atom. The molecule has 1 rings (SSSR count). The van der Waals surface area contributed by atoms with Crippen LogP contribution in [-0.2, 0) is 5.41 Å². The highest BCUT2D eigenvalue weighted by molar-refractivity contribution is 8.00. The van der Waals surface area contributed by atoms with Crippen LogP contribution in [0.1, 0.15) is 59.9 Å². The van der Waals surface area contributed by atoms with Crippen molar-refractivity contribution in [2.75, 3.05) is 0 Å². The number of thioether (sulfide) groups is 1. The molecular weight excluding hydrogens is 224 g/mol. The molecule has 0 aliphatic carbocycles. The molecule has 0 heterocycles. The standard InChI is InChI=1S/C16H26S/c1-7-15(3,4)13-10-9-11-14(12-13)17-16(5,6)8-2/h9-12H,7-8H2,1-6H3. The lowest BCUT2D eigenvalue weighted by Crippen LogP contribution is -2.16. The molecule has 0 bridgehead atoms. The average Bonchev–Trinajstić information content (AvgIpc) is 2.29. The fourth-order valence-electron chi connectivity index (χ4n) is 1.58. The topological polar surface area (TPSA) is 0 Å². The number of hydrogen-bond acceptors (Lipinski definition) is 1. The van der Waals surface area contributed by atoms with Crippen molar-refractivity contribution in [2.24, 2.45) is 0 Å². The van der Waals surface area contributed by atoms with Gasteiger partial charge in [0.15, 0.2) is 0 Å². The van der Waals surface area contributed by atoms with Gasteiger partial charge in [-0.1, -0.05) is 53.7 Å². The van der Waals surface area contributed by atoms with E-state index in [0.29, 0.717) is 4.75 Å². The summed E-state index contributed by atoms with van der Waals surface area (Å²) in [7, 11) is 0. The van der Waals surface area contributed by atoms with Gasteiger partial charge in [0.25, 0.3) is 0 Å². The van der Waals surface area contributed by atoms with Crippen LogP contribution in [0.5, 0.6) is 0 Å². The van der Waals surface area contributed by atoms with Crippen LogP contribution in [-0.4, -0.2) is 4.75 Å². The summed E-state index contributed by atoms with van der Waals surface area (Å²) >= 11 is 1.99. The van der Waals surface area contributed by atoms with Crippen molar-refractivity contribution >= 4 is 11.8 Å². The fraction of sp³-hybridized carbons (Fsp3) is 0.625. The Bertz CT molecular complexity index is 364. The van der Waals surface area contributed by atoms with Crippen molar-refractivity contribution in [1.82, 2.24) is 0 Å². The Morgan fingerprint density at radius 3 is 2.18 bits per heavy atom. The summed E-state index contributed by atoms with van der Waals surface area (Å²) in [5, 5.41) is 0. The van der Waals surface area contributed by atoms with Gasteiger partial charge in [0.05, 0.1) is 0 Å². The lowest BCUT2D eigenvalue weighted by Gasteiger charge is -2.26. The van der Waals surface area contributed by atoms with E-state index in [1.165, 1.54) is 23.3 Å². The molecule has 0 fully saturated rings. The predicted molar refractivity (Wildman–Crippen MR) is 80.0 cm³/mol. The van der Waals surface area contributed by atoms with Crippen LogP contribution in [0.4, 0.5) is 0 Å². The van der Waals surface area contributed by atoms with Crippen LogP contribution in [0.25, 0.3) is 0 Å². The molecule has 0 nitrogen and oxygen atoms in total. The SMILES string of the molecule is CCC(C)(C)Sc1cccc(C(C)(C)CC)c1. The predicted octanol–water partition coefficient (Wildman–Crippen LogP) is 5.65. The Balaban J connectivity index is 2.94. The van der Waals surface area contributed by atoms with E-state index in [2.05, 4.69) is 65.8 Å². The molecular formula is C16H26S. The molecule has 0 unspecified atom stereocenters. The van der Waals surface area contributed by atoms with Crippen molar-refractivity contribution in [1.29, 1.82) is 0 Å². The highest BCUT2D eigenvalue weighted by atomic mass is 32.2. The molecule has 0 aliphatic rings. The first-order chi connectivity index (χ1) is 7.80. The first-order valence-corrected chi connectivity index (χ1v) is 7.42. The Hall–Kier alpha value is -0.430. The van der Waals surface area contributed by atoms with Crippen LogP contribution < -0.4 is 0 Å². The molecule has 17 heavy (non-hydrogen) atoms. The molecule has 0 atom stereocenters. The summed E-state index contributed by atoms with van der Waals surface area (Å²) < 4.78 is 0.328. The number of hydrogen-bond donors (Lipinski definition) is 0. The first-order valence-electron chi connectivity index (χ1n) is 6.60. The average molecular weight is 250 g/mol. The largest absolute Gasteiger partial charge is 0.120 e. The molecule has 1 heteroatoms. The third kappa shape index (κ3) is 4.06. The van der Waals surface area contributed by atoms with Crippen LogP contribution in [0, 0.1) is 0 Å². The van der Waals surface area contributed by atoms with Crippen molar-refractivity contribution in [2.45, 2.75) is 69.4 Å². The van der Waals surface area contributed by atoms with Crippen molar-refractivity contribution < 1.29 is 0 Å². The second-order valence-electron chi connectivity index (χ2n) is 5.98.